The van der Waals surface area contributed by atoms with E-state index in [1.807, 2.05) is 93.9 Å². The van der Waals surface area contributed by atoms with Crippen molar-refractivity contribution >= 4 is 99.9 Å². The molecule has 0 radical (unpaired) electrons. The molecule has 0 aliphatic rings. The molecule has 0 spiro atoms. The van der Waals surface area contributed by atoms with Crippen LogP contribution in [0, 0.1) is 0 Å². The first-order valence-electron chi connectivity index (χ1n) is 25.5. The van der Waals surface area contributed by atoms with E-state index in [1.165, 1.54) is 99.3 Å². The van der Waals surface area contributed by atoms with Crippen molar-refractivity contribution in [2.75, 3.05) is 38.2 Å². The number of aromatic nitrogens is 1. The van der Waals surface area contributed by atoms with Gasteiger partial charge in [-0.3, -0.25) is 0 Å². The third-order valence-corrected chi connectivity index (χ3v) is 18.9. The number of anilines is 6. The van der Waals surface area contributed by atoms with Crippen LogP contribution in [-0.4, -0.2) is 33.0 Å². The first kappa shape index (κ1) is 49.9. The van der Waals surface area contributed by atoms with E-state index in [2.05, 4.69) is 155 Å². The number of benzene rings is 6. The van der Waals surface area contributed by atoms with Gasteiger partial charge in [-0.05, 0) is 175 Å². The first-order valence-corrected chi connectivity index (χ1v) is 28.8. The Morgan fingerprint density at radius 3 is 0.973 bits per heavy atom. The molecule has 0 amide bonds. The summed E-state index contributed by atoms with van der Waals surface area (Å²) in [5.41, 5.74) is 11.5. The van der Waals surface area contributed by atoms with E-state index in [-0.39, 0.29) is 0 Å². The van der Waals surface area contributed by atoms with Gasteiger partial charge in [0, 0.05) is 69.9 Å². The van der Waals surface area contributed by atoms with E-state index < -0.39 is 0 Å². The van der Waals surface area contributed by atoms with E-state index in [0.717, 1.165) is 63.7 Å². The normalized spacial score (nSPS) is 11.4. The van der Waals surface area contributed by atoms with Crippen LogP contribution in [0.3, 0.4) is 0 Å². The van der Waals surface area contributed by atoms with Crippen molar-refractivity contribution in [1.82, 2.24) is 4.57 Å². The Morgan fingerprint density at radius 2 is 0.640 bits per heavy atom. The van der Waals surface area contributed by atoms with Crippen LogP contribution < -0.4 is 28.7 Å². The van der Waals surface area contributed by atoms with E-state index in [4.69, 9.17) is 18.9 Å². The molecule has 75 heavy (non-hydrogen) atoms. The summed E-state index contributed by atoms with van der Waals surface area (Å²) in [6, 6.07) is 64.7. The smallest absolute Gasteiger partial charge is 0.119 e. The fraction of sp³-hybridized carbons (Fsp3) is 0.188. The Labute approximate surface area is 456 Å². The number of methoxy groups -OCH3 is 4. The number of fused-ring (bicyclic) bond motifs is 3. The van der Waals surface area contributed by atoms with Crippen molar-refractivity contribution in [3.63, 3.8) is 0 Å². The second-order valence-corrected chi connectivity index (χ2v) is 22.7. The highest BCUT2D eigenvalue weighted by atomic mass is 32.1. The summed E-state index contributed by atoms with van der Waals surface area (Å²) in [5.74, 6) is 3.30. The van der Waals surface area contributed by atoms with Gasteiger partial charge in [-0.25, -0.2) is 0 Å². The summed E-state index contributed by atoms with van der Waals surface area (Å²) >= 11 is 7.63. The topological polar surface area (TPSA) is 48.3 Å². The van der Waals surface area contributed by atoms with Crippen molar-refractivity contribution < 1.29 is 18.9 Å². The number of aryl methyl sites for hydroxylation is 1. The predicted molar refractivity (Wildman–Crippen MR) is 322 cm³/mol. The van der Waals surface area contributed by atoms with Crippen LogP contribution in [0.4, 0.5) is 34.1 Å². The van der Waals surface area contributed by atoms with Crippen molar-refractivity contribution in [3.05, 3.63) is 182 Å². The van der Waals surface area contributed by atoms with Crippen LogP contribution in [0.25, 0.3) is 60.8 Å². The minimum absolute atomic E-state index is 0.826. The van der Waals surface area contributed by atoms with Gasteiger partial charge in [0.2, 0.25) is 0 Å². The molecule has 0 saturated carbocycles. The van der Waals surface area contributed by atoms with Crippen molar-refractivity contribution in [2.24, 2.45) is 0 Å². The van der Waals surface area contributed by atoms with Crippen molar-refractivity contribution in [1.29, 1.82) is 0 Å². The Balaban J connectivity index is 0.867. The Bertz CT molecular complexity index is 3300. The van der Waals surface area contributed by atoms with Gasteiger partial charge in [-0.2, -0.15) is 0 Å². The molecule has 0 aliphatic heterocycles. The summed E-state index contributed by atoms with van der Waals surface area (Å²) in [6.07, 6.45) is 7.63. The highest BCUT2D eigenvalue weighted by molar-refractivity contribution is 7.33. The summed E-state index contributed by atoms with van der Waals surface area (Å²) in [5, 5.41) is 0. The Kier molecular flexibility index (Phi) is 15.1. The van der Waals surface area contributed by atoms with Gasteiger partial charge >= 0.3 is 0 Å². The van der Waals surface area contributed by atoms with E-state index in [0.29, 0.717) is 0 Å². The zero-order valence-electron chi connectivity index (χ0n) is 42.9. The van der Waals surface area contributed by atoms with E-state index in [1.54, 1.807) is 28.4 Å². The fourth-order valence-corrected chi connectivity index (χ4v) is 14.4. The standard InChI is InChI=1S/C64H59N3O4S4/c1-6-7-8-9-10-11-40-65-55-41-61(59-38-36-57(72-59)43-12-16-45(17-13-43)66(47-20-28-51(68-2)29-21-47)48-22-30-52(69-3)31-23-48)74-63(55)64-56(65)42-62(75-64)60-39-37-58(73-60)44-14-18-46(19-15-44)67(49-24-32-53(70-4)33-25-49)50-26-34-54(71-5)35-27-50/h12-39,41-42H,6-11,40H2,1-5H3. The first-order chi connectivity index (χ1) is 36.9. The maximum absolute atomic E-state index is 5.48. The molecule has 7 nitrogen and oxygen atoms in total. The zero-order valence-corrected chi connectivity index (χ0v) is 46.1. The minimum Gasteiger partial charge on any atom is -0.497 e. The molecule has 378 valence electrons. The van der Waals surface area contributed by atoms with Gasteiger partial charge in [-0.15, -0.1) is 45.3 Å². The quantitative estimate of drug-likeness (QED) is 0.0669. The molecule has 5 heterocycles. The highest BCUT2D eigenvalue weighted by Crippen LogP contribution is 2.49. The molecule has 6 aromatic carbocycles. The molecule has 5 aromatic heterocycles. The molecular formula is C64H59N3O4S4. The predicted octanol–water partition coefficient (Wildman–Crippen LogP) is 20.0. The van der Waals surface area contributed by atoms with Crippen LogP contribution >= 0.6 is 45.3 Å². The second kappa shape index (κ2) is 22.7. The number of hydrogen-bond acceptors (Lipinski definition) is 10. The molecule has 0 saturated heterocycles. The average Bonchev–Trinajstić information content (AvgIpc) is 4.35. The van der Waals surface area contributed by atoms with Gasteiger partial charge < -0.3 is 33.3 Å². The van der Waals surface area contributed by atoms with E-state index in [9.17, 15) is 0 Å². The summed E-state index contributed by atoms with van der Waals surface area (Å²) in [4.78, 5) is 12.3. The number of ether oxygens (including phenoxy) is 4. The monoisotopic (exact) mass is 1060 g/mol. The molecule has 0 bridgehead atoms. The lowest BCUT2D eigenvalue weighted by Crippen LogP contribution is -2.09. The Hall–Kier alpha value is -7.28. The summed E-state index contributed by atoms with van der Waals surface area (Å²) in [7, 11) is 6.79. The van der Waals surface area contributed by atoms with Crippen molar-refractivity contribution in [2.45, 2.75) is 52.0 Å². The van der Waals surface area contributed by atoms with Gasteiger partial charge in [0.1, 0.15) is 23.0 Å². The molecule has 11 heteroatoms. The van der Waals surface area contributed by atoms with E-state index >= 15 is 0 Å². The van der Waals surface area contributed by atoms with Gasteiger partial charge in [0.05, 0.1) is 48.9 Å². The minimum atomic E-state index is 0.826. The molecular weight excluding hydrogens is 1000 g/mol. The lowest BCUT2D eigenvalue weighted by Gasteiger charge is -2.26. The molecule has 0 atom stereocenters. The SMILES string of the molecule is CCCCCCCCn1c2cc(-c3ccc(-c4ccc(N(c5ccc(OC)cc5)c5ccc(OC)cc5)cc4)s3)sc2c2sc(-c3ccc(-c4ccc(N(c5ccc(OC)cc5)c5ccc(OC)cc5)cc4)s3)cc21. The Morgan fingerprint density at radius 1 is 0.333 bits per heavy atom. The lowest BCUT2D eigenvalue weighted by molar-refractivity contribution is 0.414. The molecule has 0 aliphatic carbocycles. The number of nitrogens with zero attached hydrogens (tertiary/aromatic N) is 3. The third-order valence-electron chi connectivity index (χ3n) is 13.8. The summed E-state index contributed by atoms with van der Waals surface area (Å²) < 4.78 is 27.3. The van der Waals surface area contributed by atoms with Crippen LogP contribution in [-0.2, 0) is 6.54 Å². The van der Waals surface area contributed by atoms with Gasteiger partial charge in [-0.1, -0.05) is 63.3 Å². The molecule has 11 aromatic rings. The maximum Gasteiger partial charge on any atom is 0.119 e. The van der Waals surface area contributed by atoms with Crippen LogP contribution in [0.5, 0.6) is 23.0 Å². The van der Waals surface area contributed by atoms with Crippen LogP contribution in [0.2, 0.25) is 0 Å². The molecule has 11 rings (SSSR count). The maximum atomic E-state index is 5.48. The van der Waals surface area contributed by atoms with Crippen molar-refractivity contribution in [3.8, 4) is 63.4 Å². The lowest BCUT2D eigenvalue weighted by atomic mass is 10.1. The third kappa shape index (κ3) is 10.6. The fourth-order valence-electron chi connectivity index (χ4n) is 9.77. The van der Waals surface area contributed by atoms with Gasteiger partial charge in [0.15, 0.2) is 0 Å². The molecule has 0 unspecified atom stereocenters. The second-order valence-electron chi connectivity index (χ2n) is 18.5. The zero-order chi connectivity index (χ0) is 51.3. The molecule has 0 N–H and O–H groups in total. The van der Waals surface area contributed by atoms with Crippen LogP contribution in [0.1, 0.15) is 45.4 Å². The molecule has 0 fully saturated rings. The summed E-state index contributed by atoms with van der Waals surface area (Å²) in [6.45, 7) is 3.32. The number of thiophene rings is 4. The highest BCUT2D eigenvalue weighted by Gasteiger charge is 2.22. The largest absolute Gasteiger partial charge is 0.497 e. The van der Waals surface area contributed by atoms with Gasteiger partial charge in [0.25, 0.3) is 0 Å². The number of unbranched alkanes of at least 4 members (excludes halogenated alkanes) is 5. The average molecular weight is 1060 g/mol. The number of rotatable bonds is 21. The number of hydrogen-bond donors (Lipinski definition) is 0. The van der Waals surface area contributed by atoms with Crippen LogP contribution in [0.15, 0.2) is 182 Å².